The summed E-state index contributed by atoms with van der Waals surface area (Å²) in [4.78, 5) is 30.3. The largest absolute Gasteiger partial charge is 0.342 e. The van der Waals surface area contributed by atoms with Crippen molar-refractivity contribution < 1.29 is 9.59 Å². The first kappa shape index (κ1) is 16.2. The molecule has 0 bridgehead atoms. The van der Waals surface area contributed by atoms with E-state index < -0.39 is 0 Å². The quantitative estimate of drug-likeness (QED) is 0.391. The minimum atomic E-state index is -0.116. The number of amides is 2. The fraction of sp³-hybridized carbons (Fsp3) is 0.857. The maximum Gasteiger partial charge on any atom is 0.237 e. The van der Waals surface area contributed by atoms with Crippen molar-refractivity contribution in [2.75, 3.05) is 46.3 Å². The van der Waals surface area contributed by atoms with Crippen LogP contribution in [0.4, 0.5) is 0 Å². The first-order chi connectivity index (χ1) is 10.0. The number of piperidine rings is 1. The molecule has 3 N–H and O–H groups in total. The van der Waals surface area contributed by atoms with E-state index in [0.717, 1.165) is 19.6 Å². The van der Waals surface area contributed by atoms with Crippen LogP contribution in [0.25, 0.3) is 0 Å². The number of piperazine rings is 1. The summed E-state index contributed by atoms with van der Waals surface area (Å²) in [5, 5.41) is 0. The van der Waals surface area contributed by atoms with Crippen LogP contribution in [0.1, 0.15) is 19.8 Å². The molecule has 120 valence electrons. The van der Waals surface area contributed by atoms with Gasteiger partial charge in [0.25, 0.3) is 0 Å². The average Bonchev–Trinajstić information content (AvgIpc) is 2.49. The Kier molecular flexibility index (Phi) is 5.55. The summed E-state index contributed by atoms with van der Waals surface area (Å²) in [6.07, 6.45) is 1.40. The number of nitrogens with zero attached hydrogens (tertiary/aromatic N) is 3. The van der Waals surface area contributed by atoms with Gasteiger partial charge in [-0.15, -0.1) is 0 Å². The van der Waals surface area contributed by atoms with Gasteiger partial charge in [0.15, 0.2) is 0 Å². The third-order valence-electron chi connectivity index (χ3n) is 4.67. The van der Waals surface area contributed by atoms with Gasteiger partial charge in [0, 0.05) is 44.7 Å². The molecule has 2 rings (SSSR count). The lowest BCUT2D eigenvalue weighted by molar-refractivity contribution is -0.137. The van der Waals surface area contributed by atoms with Crippen molar-refractivity contribution in [2.45, 2.75) is 25.8 Å². The van der Waals surface area contributed by atoms with Crippen LogP contribution >= 0.6 is 0 Å². The topological polar surface area (TPSA) is 81.9 Å². The van der Waals surface area contributed by atoms with E-state index in [1.54, 1.807) is 0 Å². The molecule has 0 aromatic rings. The van der Waals surface area contributed by atoms with Crippen molar-refractivity contribution in [3.05, 3.63) is 0 Å². The zero-order valence-electron chi connectivity index (χ0n) is 13.0. The van der Waals surface area contributed by atoms with Crippen LogP contribution in [0, 0.1) is 5.92 Å². The van der Waals surface area contributed by atoms with Gasteiger partial charge in [0.2, 0.25) is 11.8 Å². The van der Waals surface area contributed by atoms with Gasteiger partial charge in [0.05, 0.1) is 6.54 Å². The molecule has 2 fully saturated rings. The molecule has 2 aliphatic rings. The molecule has 0 radical (unpaired) electrons. The summed E-state index contributed by atoms with van der Waals surface area (Å²) in [6.45, 7) is 6.92. The van der Waals surface area contributed by atoms with E-state index in [1.165, 1.54) is 0 Å². The zero-order valence-corrected chi connectivity index (χ0v) is 13.0. The van der Waals surface area contributed by atoms with E-state index in [-0.39, 0.29) is 17.7 Å². The van der Waals surface area contributed by atoms with Crippen LogP contribution < -0.4 is 11.3 Å². The van der Waals surface area contributed by atoms with Crippen molar-refractivity contribution in [1.82, 2.24) is 20.1 Å². The minimum Gasteiger partial charge on any atom is -0.342 e. The number of hydrogen-bond donors (Lipinski definition) is 2. The molecule has 0 aliphatic carbocycles. The Morgan fingerprint density at radius 2 is 1.86 bits per heavy atom. The smallest absolute Gasteiger partial charge is 0.237 e. The minimum absolute atomic E-state index is 0.0541. The summed E-state index contributed by atoms with van der Waals surface area (Å²) in [6, 6.07) is 0.410. The Labute approximate surface area is 126 Å². The van der Waals surface area contributed by atoms with E-state index in [9.17, 15) is 9.59 Å². The number of nitrogens with two attached hydrogens (primary N) is 1. The van der Waals surface area contributed by atoms with E-state index in [2.05, 4.69) is 29.2 Å². The number of likely N-dealkylation sites (tertiary alicyclic amines) is 1. The Balaban J connectivity index is 1.78. The Morgan fingerprint density at radius 1 is 1.19 bits per heavy atom. The lowest BCUT2D eigenvalue weighted by Crippen LogP contribution is -2.54. The predicted octanol–water partition coefficient (Wildman–Crippen LogP) is -1.15. The maximum atomic E-state index is 12.4. The maximum absolute atomic E-state index is 12.4. The molecule has 0 spiro atoms. The van der Waals surface area contributed by atoms with Crippen LogP contribution in [0.2, 0.25) is 0 Å². The van der Waals surface area contributed by atoms with E-state index in [1.807, 2.05) is 4.90 Å². The van der Waals surface area contributed by atoms with Crippen molar-refractivity contribution in [3.63, 3.8) is 0 Å². The second-order valence-electron chi connectivity index (χ2n) is 6.25. The molecule has 0 aromatic heterocycles. The van der Waals surface area contributed by atoms with Gasteiger partial charge in [-0.05, 0) is 26.8 Å². The summed E-state index contributed by atoms with van der Waals surface area (Å²) in [5.41, 5.74) is 2.20. The second kappa shape index (κ2) is 7.20. The highest BCUT2D eigenvalue weighted by Crippen LogP contribution is 2.18. The highest BCUT2D eigenvalue weighted by molar-refractivity contribution is 5.80. The monoisotopic (exact) mass is 297 g/mol. The normalized spacial score (nSPS) is 25.9. The Morgan fingerprint density at radius 3 is 2.43 bits per heavy atom. The summed E-state index contributed by atoms with van der Waals surface area (Å²) in [5.74, 6) is 5.17. The lowest BCUT2D eigenvalue weighted by atomic mass is 9.96. The van der Waals surface area contributed by atoms with Crippen LogP contribution in [-0.4, -0.2) is 78.9 Å². The molecule has 2 amide bonds. The van der Waals surface area contributed by atoms with E-state index in [4.69, 9.17) is 5.84 Å². The third kappa shape index (κ3) is 4.15. The van der Waals surface area contributed by atoms with Gasteiger partial charge in [-0.2, -0.15) is 0 Å². The molecular formula is C14H27N5O2. The molecule has 7 heteroatoms. The number of nitrogens with one attached hydrogen (secondary N) is 1. The molecule has 0 saturated carbocycles. The zero-order chi connectivity index (χ0) is 15.4. The first-order valence-electron chi connectivity index (χ1n) is 7.72. The molecule has 1 unspecified atom stereocenters. The van der Waals surface area contributed by atoms with Crippen molar-refractivity contribution in [1.29, 1.82) is 0 Å². The predicted molar refractivity (Wildman–Crippen MR) is 80.2 cm³/mol. The molecule has 2 saturated heterocycles. The third-order valence-corrected chi connectivity index (χ3v) is 4.67. The SMILES string of the molecule is CC1CN(C)CCN1CC(=O)N1CCC(C(=O)NN)CC1. The summed E-state index contributed by atoms with van der Waals surface area (Å²) in [7, 11) is 2.11. The molecule has 1 atom stereocenters. The number of hydrazine groups is 1. The van der Waals surface area contributed by atoms with Gasteiger partial charge in [-0.25, -0.2) is 5.84 Å². The van der Waals surface area contributed by atoms with Crippen molar-refractivity contribution >= 4 is 11.8 Å². The molecule has 0 aromatic carbocycles. The number of carbonyl (C=O) groups is 2. The van der Waals surface area contributed by atoms with Gasteiger partial charge >= 0.3 is 0 Å². The van der Waals surface area contributed by atoms with E-state index in [0.29, 0.717) is 38.5 Å². The standard InChI is InChI=1S/C14H27N5O2/c1-11-9-17(2)7-8-19(11)10-13(20)18-5-3-12(4-6-18)14(21)16-15/h11-12H,3-10,15H2,1-2H3,(H,16,21). The van der Waals surface area contributed by atoms with Crippen LogP contribution in [0.15, 0.2) is 0 Å². The Hall–Kier alpha value is -1.18. The molecule has 21 heavy (non-hydrogen) atoms. The average molecular weight is 297 g/mol. The molecule has 2 aliphatic heterocycles. The van der Waals surface area contributed by atoms with Crippen LogP contribution in [0.3, 0.4) is 0 Å². The van der Waals surface area contributed by atoms with Crippen molar-refractivity contribution in [3.8, 4) is 0 Å². The first-order valence-corrected chi connectivity index (χ1v) is 7.72. The molecule has 7 nitrogen and oxygen atoms in total. The van der Waals surface area contributed by atoms with Gasteiger partial charge < -0.3 is 9.80 Å². The highest BCUT2D eigenvalue weighted by Gasteiger charge is 2.29. The second-order valence-corrected chi connectivity index (χ2v) is 6.25. The van der Waals surface area contributed by atoms with E-state index >= 15 is 0 Å². The van der Waals surface area contributed by atoms with Crippen LogP contribution in [0.5, 0.6) is 0 Å². The number of rotatable bonds is 3. The fourth-order valence-electron chi connectivity index (χ4n) is 3.19. The van der Waals surface area contributed by atoms with Gasteiger partial charge in [-0.1, -0.05) is 0 Å². The molecular weight excluding hydrogens is 270 g/mol. The molecule has 2 heterocycles. The highest BCUT2D eigenvalue weighted by atomic mass is 16.2. The summed E-state index contributed by atoms with van der Waals surface area (Å²) < 4.78 is 0. The number of likely N-dealkylation sites (N-methyl/N-ethyl adjacent to an activating group) is 1. The lowest BCUT2D eigenvalue weighted by Gasteiger charge is -2.39. The number of carbonyl (C=O) groups excluding carboxylic acids is 2. The summed E-state index contributed by atoms with van der Waals surface area (Å²) >= 11 is 0. The van der Waals surface area contributed by atoms with Crippen LogP contribution in [-0.2, 0) is 9.59 Å². The fourth-order valence-corrected chi connectivity index (χ4v) is 3.19. The Bertz CT molecular complexity index is 382. The number of hydrogen-bond acceptors (Lipinski definition) is 5. The van der Waals surface area contributed by atoms with Gasteiger partial charge in [0.1, 0.15) is 0 Å². The van der Waals surface area contributed by atoms with Gasteiger partial charge in [-0.3, -0.25) is 19.9 Å². The van der Waals surface area contributed by atoms with Crippen molar-refractivity contribution in [2.24, 2.45) is 11.8 Å².